The zero-order valence-electron chi connectivity index (χ0n) is 8.42. The summed E-state index contributed by atoms with van der Waals surface area (Å²) in [6.07, 6.45) is 5.74. The number of aromatic nitrogens is 3. The van der Waals surface area contributed by atoms with E-state index in [-0.39, 0.29) is 5.88 Å². The van der Waals surface area contributed by atoms with Crippen LogP contribution in [0, 0.1) is 0 Å². The maximum Gasteiger partial charge on any atom is 0.230 e. The van der Waals surface area contributed by atoms with E-state index in [0.717, 1.165) is 12.8 Å². The Bertz CT molecular complexity index is 559. The van der Waals surface area contributed by atoms with Crippen LogP contribution < -0.4 is 5.32 Å². The van der Waals surface area contributed by atoms with Gasteiger partial charge in [0.25, 0.3) is 0 Å². The second-order valence-electron chi connectivity index (χ2n) is 3.86. The number of carbonyl (C=O) groups excluding carboxylic acids is 1. The van der Waals surface area contributed by atoms with E-state index < -0.39 is 0 Å². The van der Waals surface area contributed by atoms with Gasteiger partial charge in [-0.2, -0.15) is 4.98 Å². The van der Waals surface area contributed by atoms with Gasteiger partial charge in [0.15, 0.2) is 17.8 Å². The first-order valence-electron chi connectivity index (χ1n) is 5.06. The highest BCUT2D eigenvalue weighted by Gasteiger charge is 2.23. The standard InChI is InChI=1S/C10H10N4O2/c15-5-7-3-11-10-9(12-6-1-2-6)13-8(16)4-14(7)10/h3-6,16H,1-2H2,(H,12,13). The molecule has 16 heavy (non-hydrogen) atoms. The van der Waals surface area contributed by atoms with Crippen molar-refractivity contribution in [2.45, 2.75) is 18.9 Å². The zero-order chi connectivity index (χ0) is 11.1. The minimum Gasteiger partial charge on any atom is -0.492 e. The van der Waals surface area contributed by atoms with Gasteiger partial charge in [0.2, 0.25) is 5.88 Å². The van der Waals surface area contributed by atoms with Gasteiger partial charge in [-0.05, 0) is 12.8 Å². The highest BCUT2D eigenvalue weighted by molar-refractivity contribution is 5.77. The Morgan fingerprint density at radius 3 is 3.06 bits per heavy atom. The summed E-state index contributed by atoms with van der Waals surface area (Å²) < 4.78 is 1.53. The van der Waals surface area contributed by atoms with Gasteiger partial charge in [0.1, 0.15) is 5.69 Å². The number of carbonyl (C=O) groups is 1. The van der Waals surface area contributed by atoms with Gasteiger partial charge in [-0.1, -0.05) is 0 Å². The molecule has 1 aliphatic rings. The van der Waals surface area contributed by atoms with Crippen LogP contribution in [0.3, 0.4) is 0 Å². The van der Waals surface area contributed by atoms with E-state index in [1.807, 2.05) is 0 Å². The number of nitrogens with one attached hydrogen (secondary N) is 1. The van der Waals surface area contributed by atoms with Crippen LogP contribution in [0.4, 0.5) is 5.82 Å². The molecule has 1 saturated carbocycles. The maximum atomic E-state index is 10.8. The van der Waals surface area contributed by atoms with Crippen molar-refractivity contribution in [3.63, 3.8) is 0 Å². The summed E-state index contributed by atoms with van der Waals surface area (Å²) in [4.78, 5) is 18.8. The van der Waals surface area contributed by atoms with Crippen molar-refractivity contribution in [3.8, 4) is 5.88 Å². The van der Waals surface area contributed by atoms with Crippen LogP contribution in [0.25, 0.3) is 5.65 Å². The molecule has 2 aromatic rings. The molecule has 1 fully saturated rings. The Morgan fingerprint density at radius 2 is 2.38 bits per heavy atom. The van der Waals surface area contributed by atoms with Gasteiger partial charge in [0, 0.05) is 6.04 Å². The third-order valence-electron chi connectivity index (χ3n) is 2.55. The fraction of sp³-hybridized carbons (Fsp3) is 0.300. The second-order valence-corrected chi connectivity index (χ2v) is 3.86. The van der Waals surface area contributed by atoms with E-state index in [0.29, 0.717) is 29.5 Å². The number of nitrogens with zero attached hydrogens (tertiary/aromatic N) is 3. The molecular formula is C10H10N4O2. The molecule has 2 N–H and O–H groups in total. The lowest BCUT2D eigenvalue weighted by Gasteiger charge is -2.06. The SMILES string of the molecule is O=Cc1cnc2c(NC3CC3)nc(O)cn12. The van der Waals surface area contributed by atoms with Crippen LogP contribution in [0.15, 0.2) is 12.4 Å². The largest absolute Gasteiger partial charge is 0.492 e. The van der Waals surface area contributed by atoms with Crippen molar-refractivity contribution in [3.05, 3.63) is 18.1 Å². The highest BCUT2D eigenvalue weighted by atomic mass is 16.3. The number of rotatable bonds is 3. The summed E-state index contributed by atoms with van der Waals surface area (Å²) in [5.74, 6) is 0.396. The van der Waals surface area contributed by atoms with Crippen molar-refractivity contribution in [2.24, 2.45) is 0 Å². The third-order valence-corrected chi connectivity index (χ3v) is 2.55. The van der Waals surface area contributed by atoms with Gasteiger partial charge < -0.3 is 10.4 Å². The first-order valence-corrected chi connectivity index (χ1v) is 5.06. The smallest absolute Gasteiger partial charge is 0.230 e. The van der Waals surface area contributed by atoms with E-state index >= 15 is 0 Å². The summed E-state index contributed by atoms with van der Waals surface area (Å²) in [6.45, 7) is 0. The molecule has 0 unspecified atom stereocenters. The average Bonchev–Trinajstić information content (AvgIpc) is 2.96. The Balaban J connectivity index is 2.17. The topological polar surface area (TPSA) is 79.5 Å². The lowest BCUT2D eigenvalue weighted by molar-refractivity contribution is 0.111. The third kappa shape index (κ3) is 1.39. The van der Waals surface area contributed by atoms with E-state index in [2.05, 4.69) is 15.3 Å². The molecule has 6 nitrogen and oxygen atoms in total. The van der Waals surface area contributed by atoms with Crippen LogP contribution in [0.2, 0.25) is 0 Å². The molecule has 0 radical (unpaired) electrons. The average molecular weight is 218 g/mol. The van der Waals surface area contributed by atoms with Crippen molar-refractivity contribution in [2.75, 3.05) is 5.32 Å². The van der Waals surface area contributed by atoms with Crippen LogP contribution in [-0.2, 0) is 0 Å². The molecule has 1 aliphatic carbocycles. The molecule has 0 amide bonds. The van der Waals surface area contributed by atoms with Gasteiger partial charge in [-0.15, -0.1) is 0 Å². The molecule has 2 aromatic heterocycles. The van der Waals surface area contributed by atoms with Crippen molar-refractivity contribution in [1.82, 2.24) is 14.4 Å². The number of anilines is 1. The Kier molecular flexibility index (Phi) is 1.82. The molecule has 0 aromatic carbocycles. The molecule has 0 atom stereocenters. The Morgan fingerprint density at radius 1 is 1.56 bits per heavy atom. The van der Waals surface area contributed by atoms with E-state index in [1.54, 1.807) is 0 Å². The molecule has 82 valence electrons. The lowest BCUT2D eigenvalue weighted by atomic mass is 10.5. The summed E-state index contributed by atoms with van der Waals surface area (Å²) in [5, 5.41) is 12.6. The molecular weight excluding hydrogens is 208 g/mol. The summed E-state index contributed by atoms with van der Waals surface area (Å²) in [6, 6.07) is 0.412. The summed E-state index contributed by atoms with van der Waals surface area (Å²) in [5.41, 5.74) is 0.957. The first-order chi connectivity index (χ1) is 7.78. The molecule has 0 saturated heterocycles. The van der Waals surface area contributed by atoms with Crippen molar-refractivity contribution < 1.29 is 9.90 Å². The number of fused-ring (bicyclic) bond motifs is 1. The summed E-state index contributed by atoms with van der Waals surface area (Å²) in [7, 11) is 0. The predicted molar refractivity (Wildman–Crippen MR) is 56.7 cm³/mol. The van der Waals surface area contributed by atoms with E-state index in [9.17, 15) is 9.90 Å². The zero-order valence-corrected chi connectivity index (χ0v) is 8.42. The minimum atomic E-state index is -0.128. The molecule has 0 bridgehead atoms. The van der Waals surface area contributed by atoms with Crippen LogP contribution in [0.1, 0.15) is 23.3 Å². The van der Waals surface area contributed by atoms with Crippen molar-refractivity contribution in [1.29, 1.82) is 0 Å². The quantitative estimate of drug-likeness (QED) is 0.745. The number of aldehydes is 1. The molecule has 6 heteroatoms. The lowest BCUT2D eigenvalue weighted by Crippen LogP contribution is -2.06. The number of hydrogen-bond acceptors (Lipinski definition) is 5. The van der Waals surface area contributed by atoms with Gasteiger partial charge in [-0.3, -0.25) is 9.20 Å². The molecule has 2 heterocycles. The second kappa shape index (κ2) is 3.19. The maximum absolute atomic E-state index is 10.8. The highest BCUT2D eigenvalue weighted by Crippen LogP contribution is 2.27. The van der Waals surface area contributed by atoms with Crippen LogP contribution in [0.5, 0.6) is 5.88 Å². The fourth-order valence-electron chi connectivity index (χ4n) is 1.60. The predicted octanol–water partition coefficient (Wildman–Crippen LogP) is 0.822. The van der Waals surface area contributed by atoms with Crippen LogP contribution >= 0.6 is 0 Å². The number of aromatic hydroxyl groups is 1. The van der Waals surface area contributed by atoms with E-state index in [4.69, 9.17) is 0 Å². The Labute approximate surface area is 90.9 Å². The van der Waals surface area contributed by atoms with Crippen LogP contribution in [-0.4, -0.2) is 31.8 Å². The van der Waals surface area contributed by atoms with Gasteiger partial charge in [-0.25, -0.2) is 4.98 Å². The monoisotopic (exact) mass is 218 g/mol. The molecule has 3 rings (SSSR count). The summed E-state index contributed by atoms with van der Waals surface area (Å²) >= 11 is 0. The van der Waals surface area contributed by atoms with Gasteiger partial charge in [0.05, 0.1) is 12.4 Å². The fourth-order valence-corrected chi connectivity index (χ4v) is 1.60. The van der Waals surface area contributed by atoms with E-state index in [1.165, 1.54) is 16.8 Å². The number of hydrogen-bond donors (Lipinski definition) is 2. The molecule has 0 aliphatic heterocycles. The minimum absolute atomic E-state index is 0.128. The van der Waals surface area contributed by atoms with Gasteiger partial charge >= 0.3 is 0 Å². The van der Waals surface area contributed by atoms with Crippen molar-refractivity contribution >= 4 is 17.8 Å². The first kappa shape index (κ1) is 9.14. The molecule has 0 spiro atoms. The number of imidazole rings is 1. The Hall–Kier alpha value is -2.11. The normalized spacial score (nSPS) is 15.2.